The molecule has 31 heavy (non-hydrogen) atoms. The quantitative estimate of drug-likeness (QED) is 0.304. The minimum atomic E-state index is -0.685. The van der Waals surface area contributed by atoms with E-state index < -0.39 is 17.7 Å². The molecule has 1 amide bonds. The Morgan fingerprint density at radius 1 is 1.23 bits per heavy atom. The Labute approximate surface area is 184 Å². The van der Waals surface area contributed by atoms with Gasteiger partial charge in [0.05, 0.1) is 17.7 Å². The minimum absolute atomic E-state index is 0.0916. The van der Waals surface area contributed by atoms with E-state index in [-0.39, 0.29) is 17.4 Å². The van der Waals surface area contributed by atoms with Gasteiger partial charge in [-0.25, -0.2) is 0 Å². The van der Waals surface area contributed by atoms with Crippen LogP contribution in [0.15, 0.2) is 41.3 Å². The zero-order valence-corrected chi connectivity index (χ0v) is 18.3. The van der Waals surface area contributed by atoms with Gasteiger partial charge in [0.25, 0.3) is 11.7 Å². The summed E-state index contributed by atoms with van der Waals surface area (Å²) < 4.78 is 16.7. The summed E-state index contributed by atoms with van der Waals surface area (Å²) in [6.07, 6.45) is 0.690. The topological polar surface area (TPSA) is 85.3 Å². The maximum atomic E-state index is 13.0. The minimum Gasteiger partial charge on any atom is -0.507 e. The molecule has 0 radical (unpaired) electrons. The van der Waals surface area contributed by atoms with E-state index in [0.717, 1.165) is 4.88 Å². The lowest BCUT2D eigenvalue weighted by molar-refractivity contribution is -0.140. The molecule has 0 aliphatic carbocycles. The van der Waals surface area contributed by atoms with Crippen molar-refractivity contribution >= 4 is 28.8 Å². The smallest absolute Gasteiger partial charge is 0.295 e. The Kier molecular flexibility index (Phi) is 6.29. The Hall–Kier alpha value is -2.84. The number of amides is 1. The van der Waals surface area contributed by atoms with Crippen molar-refractivity contribution in [3.8, 4) is 11.5 Å². The number of carbonyl (C=O) groups excluding carboxylic acids is 2. The molecule has 4 rings (SSSR count). The maximum Gasteiger partial charge on any atom is 0.295 e. The summed E-state index contributed by atoms with van der Waals surface area (Å²) >= 11 is 1.44. The van der Waals surface area contributed by atoms with Crippen molar-refractivity contribution in [3.63, 3.8) is 0 Å². The number of nitrogens with zero attached hydrogens (tertiary/aromatic N) is 1. The van der Waals surface area contributed by atoms with Crippen LogP contribution in [0.1, 0.15) is 36.8 Å². The molecule has 2 aliphatic rings. The molecule has 0 bridgehead atoms. The first kappa shape index (κ1) is 21.4. The molecular weight excluding hydrogens is 418 g/mol. The van der Waals surface area contributed by atoms with E-state index in [1.54, 1.807) is 18.2 Å². The van der Waals surface area contributed by atoms with Crippen LogP contribution in [0, 0.1) is 0 Å². The third-order valence-corrected chi connectivity index (χ3v) is 6.09. The number of ether oxygens (including phenoxy) is 3. The van der Waals surface area contributed by atoms with Gasteiger partial charge in [0.1, 0.15) is 19.0 Å². The first-order valence-electron chi connectivity index (χ1n) is 10.3. The molecule has 2 aromatic rings. The van der Waals surface area contributed by atoms with Crippen molar-refractivity contribution in [2.45, 2.75) is 32.4 Å². The number of aliphatic hydroxyl groups excluding tert-OH is 1. The number of aliphatic hydroxyl groups is 1. The van der Waals surface area contributed by atoms with Crippen molar-refractivity contribution in [2.75, 3.05) is 26.4 Å². The second kappa shape index (κ2) is 9.11. The summed E-state index contributed by atoms with van der Waals surface area (Å²) in [6, 6.07) is 8.11. The van der Waals surface area contributed by atoms with Gasteiger partial charge in [0.2, 0.25) is 0 Å². The number of thiophene rings is 1. The molecule has 0 saturated carbocycles. The zero-order valence-electron chi connectivity index (χ0n) is 17.5. The molecule has 2 aliphatic heterocycles. The number of benzene rings is 1. The number of likely N-dealkylation sites (tertiary alicyclic amines) is 1. The molecule has 164 valence electrons. The van der Waals surface area contributed by atoms with Crippen LogP contribution in [0.2, 0.25) is 0 Å². The van der Waals surface area contributed by atoms with E-state index in [1.165, 1.54) is 16.2 Å². The SMILES string of the molecule is CC(C)OCCCN1C(=O)C(=O)/C(=C(\O)c2ccc3c(c2)OCCO3)C1c1cccs1. The Morgan fingerprint density at radius 2 is 2.00 bits per heavy atom. The van der Waals surface area contributed by atoms with Crippen molar-refractivity contribution in [1.82, 2.24) is 4.90 Å². The van der Waals surface area contributed by atoms with Crippen LogP contribution in [0.3, 0.4) is 0 Å². The van der Waals surface area contributed by atoms with Crippen molar-refractivity contribution < 1.29 is 28.9 Å². The second-order valence-corrected chi connectivity index (χ2v) is 8.62. The van der Waals surface area contributed by atoms with Gasteiger partial charge in [-0.15, -0.1) is 11.3 Å². The predicted octanol–water partition coefficient (Wildman–Crippen LogP) is 3.76. The van der Waals surface area contributed by atoms with Crippen LogP contribution < -0.4 is 9.47 Å². The fourth-order valence-corrected chi connectivity index (χ4v) is 4.60. The molecular formula is C23H25NO6S. The number of ketones is 1. The summed E-state index contributed by atoms with van der Waals surface area (Å²) in [5.41, 5.74) is 0.501. The van der Waals surface area contributed by atoms with Gasteiger partial charge in [-0.2, -0.15) is 0 Å². The summed E-state index contributed by atoms with van der Waals surface area (Å²) in [7, 11) is 0. The van der Waals surface area contributed by atoms with Crippen LogP contribution in [0.4, 0.5) is 0 Å². The lowest BCUT2D eigenvalue weighted by atomic mass is 9.99. The molecule has 1 atom stereocenters. The van der Waals surface area contributed by atoms with Gasteiger partial charge in [-0.05, 0) is 49.9 Å². The summed E-state index contributed by atoms with van der Waals surface area (Å²) in [4.78, 5) is 28.2. The van der Waals surface area contributed by atoms with E-state index in [1.807, 2.05) is 31.4 Å². The van der Waals surface area contributed by atoms with Crippen LogP contribution >= 0.6 is 11.3 Å². The molecule has 1 aromatic carbocycles. The van der Waals surface area contributed by atoms with E-state index >= 15 is 0 Å². The summed E-state index contributed by atoms with van der Waals surface area (Å²) in [5.74, 6) is -0.418. The van der Waals surface area contributed by atoms with Gasteiger partial charge >= 0.3 is 0 Å². The van der Waals surface area contributed by atoms with Gasteiger partial charge in [0, 0.05) is 23.6 Å². The molecule has 1 fully saturated rings. The number of hydrogen-bond acceptors (Lipinski definition) is 7. The molecule has 1 N–H and O–H groups in total. The maximum absolute atomic E-state index is 13.0. The van der Waals surface area contributed by atoms with Gasteiger partial charge < -0.3 is 24.2 Å². The number of carbonyl (C=O) groups is 2. The van der Waals surface area contributed by atoms with Crippen LogP contribution in [-0.2, 0) is 14.3 Å². The standard InChI is InChI=1S/C23H25NO6S/c1-14(2)28-9-4-8-24-20(18-5-3-12-31-18)19(22(26)23(24)27)21(25)15-6-7-16-17(13-15)30-11-10-29-16/h3,5-7,12-14,20,25H,4,8-11H2,1-2H3/b21-19-. The zero-order chi connectivity index (χ0) is 22.0. The Bertz CT molecular complexity index is 998. The highest BCUT2D eigenvalue weighted by molar-refractivity contribution is 7.10. The van der Waals surface area contributed by atoms with E-state index in [2.05, 4.69) is 0 Å². The predicted molar refractivity (Wildman–Crippen MR) is 116 cm³/mol. The number of fused-ring (bicyclic) bond motifs is 1. The highest BCUT2D eigenvalue weighted by Crippen LogP contribution is 2.42. The number of Topliss-reactive ketones (excluding diaryl/α,β-unsaturated/α-hetero) is 1. The lowest BCUT2D eigenvalue weighted by Crippen LogP contribution is -2.31. The fourth-order valence-electron chi connectivity index (χ4n) is 3.75. The van der Waals surface area contributed by atoms with Gasteiger partial charge in [-0.3, -0.25) is 9.59 Å². The fraction of sp³-hybridized carbons (Fsp3) is 0.391. The number of hydrogen-bond donors (Lipinski definition) is 1. The average molecular weight is 444 g/mol. The average Bonchev–Trinajstić information content (AvgIpc) is 3.38. The summed E-state index contributed by atoms with van der Waals surface area (Å²) in [5, 5.41) is 13.0. The summed E-state index contributed by atoms with van der Waals surface area (Å²) in [6.45, 7) is 5.62. The Morgan fingerprint density at radius 3 is 2.71 bits per heavy atom. The largest absolute Gasteiger partial charge is 0.507 e. The van der Waals surface area contributed by atoms with Gasteiger partial charge in [0.15, 0.2) is 11.5 Å². The van der Waals surface area contributed by atoms with Crippen LogP contribution in [-0.4, -0.2) is 54.2 Å². The first-order chi connectivity index (χ1) is 15.0. The van der Waals surface area contributed by atoms with E-state index in [0.29, 0.717) is 49.8 Å². The molecule has 1 aromatic heterocycles. The highest BCUT2D eigenvalue weighted by atomic mass is 32.1. The highest BCUT2D eigenvalue weighted by Gasteiger charge is 2.46. The Balaban J connectivity index is 1.69. The molecule has 1 unspecified atom stereocenters. The van der Waals surface area contributed by atoms with Crippen LogP contribution in [0.5, 0.6) is 11.5 Å². The molecule has 8 heteroatoms. The number of rotatable bonds is 7. The molecule has 1 saturated heterocycles. The van der Waals surface area contributed by atoms with Crippen molar-refractivity contribution in [3.05, 3.63) is 51.7 Å². The van der Waals surface area contributed by atoms with E-state index in [4.69, 9.17) is 14.2 Å². The third-order valence-electron chi connectivity index (χ3n) is 5.16. The van der Waals surface area contributed by atoms with Crippen molar-refractivity contribution in [2.24, 2.45) is 0 Å². The molecule has 7 nitrogen and oxygen atoms in total. The molecule has 3 heterocycles. The van der Waals surface area contributed by atoms with Crippen LogP contribution in [0.25, 0.3) is 5.76 Å². The van der Waals surface area contributed by atoms with Crippen molar-refractivity contribution in [1.29, 1.82) is 0 Å². The monoisotopic (exact) mass is 443 g/mol. The normalized spacial score (nSPS) is 20.0. The second-order valence-electron chi connectivity index (χ2n) is 7.64. The third kappa shape index (κ3) is 4.31. The first-order valence-corrected chi connectivity index (χ1v) is 11.2. The van der Waals surface area contributed by atoms with E-state index in [9.17, 15) is 14.7 Å². The molecule has 0 spiro atoms. The lowest BCUT2D eigenvalue weighted by Gasteiger charge is -2.24. The van der Waals surface area contributed by atoms with Gasteiger partial charge in [-0.1, -0.05) is 6.07 Å².